The summed E-state index contributed by atoms with van der Waals surface area (Å²) in [5.74, 6) is 1.09. The van der Waals surface area contributed by atoms with Crippen molar-refractivity contribution >= 4 is 22.3 Å². The molecule has 35 heavy (non-hydrogen) atoms. The summed E-state index contributed by atoms with van der Waals surface area (Å²) in [5.41, 5.74) is 3.60. The molecule has 0 atom stereocenters. The highest BCUT2D eigenvalue weighted by atomic mass is 16.7. The number of nitrogens with one attached hydrogen (secondary N) is 3. The van der Waals surface area contributed by atoms with Crippen LogP contribution in [0.1, 0.15) is 24.3 Å². The summed E-state index contributed by atoms with van der Waals surface area (Å²) in [6, 6.07) is 12.2. The van der Waals surface area contributed by atoms with E-state index in [1.807, 2.05) is 18.3 Å². The molecule has 5 heterocycles. The molecule has 2 aliphatic heterocycles. The maximum atomic E-state index is 12.7. The number of H-pyrrole nitrogens is 1. The fraction of sp³-hybridized carbons (Fsp3) is 0.269. The molecule has 1 fully saturated rings. The van der Waals surface area contributed by atoms with Crippen LogP contribution in [0, 0.1) is 0 Å². The number of piperidine rings is 1. The van der Waals surface area contributed by atoms with E-state index in [0.717, 1.165) is 48.3 Å². The van der Waals surface area contributed by atoms with Gasteiger partial charge in [0.25, 0.3) is 11.8 Å². The monoisotopic (exact) mass is 470 g/mol. The maximum Gasteiger partial charge on any atom is 0.259 e. The van der Waals surface area contributed by atoms with Gasteiger partial charge in [0.1, 0.15) is 24.9 Å². The third kappa shape index (κ3) is 4.50. The van der Waals surface area contributed by atoms with Crippen molar-refractivity contribution in [1.29, 1.82) is 0 Å². The summed E-state index contributed by atoms with van der Waals surface area (Å²) in [4.78, 5) is 20.3. The molecule has 178 valence electrons. The summed E-state index contributed by atoms with van der Waals surface area (Å²) in [6.07, 6.45) is 10.3. The van der Waals surface area contributed by atoms with Crippen LogP contribution in [0.25, 0.3) is 22.0 Å². The molecule has 0 saturated carbocycles. The molecule has 3 N–H and O–H groups in total. The molecule has 9 nitrogen and oxygen atoms in total. The Balaban J connectivity index is 1.30. The Morgan fingerprint density at radius 2 is 1.89 bits per heavy atom. The first kappa shape index (κ1) is 21.4. The second-order valence-electron chi connectivity index (χ2n) is 8.82. The molecule has 0 bridgehead atoms. The zero-order valence-electron chi connectivity index (χ0n) is 19.1. The third-order valence-electron chi connectivity index (χ3n) is 6.52. The summed E-state index contributed by atoms with van der Waals surface area (Å²) in [5, 5.41) is 12.5. The van der Waals surface area contributed by atoms with E-state index in [1.165, 1.54) is 18.1 Å². The van der Waals surface area contributed by atoms with E-state index in [9.17, 15) is 4.79 Å². The number of hydrogen-bond donors (Lipinski definition) is 3. The van der Waals surface area contributed by atoms with Crippen LogP contribution in [-0.2, 0) is 16.0 Å². The molecular weight excluding hydrogens is 444 g/mol. The minimum absolute atomic E-state index is 0.186. The number of ether oxygens (including phenoxy) is 2. The summed E-state index contributed by atoms with van der Waals surface area (Å²) < 4.78 is 12.4. The number of pyridine rings is 2. The normalized spacial score (nSPS) is 16.3. The van der Waals surface area contributed by atoms with Crippen molar-refractivity contribution in [2.24, 2.45) is 0 Å². The first-order valence-corrected chi connectivity index (χ1v) is 11.8. The molecule has 3 aromatic heterocycles. The molecule has 4 aromatic rings. The number of benzene rings is 1. The lowest BCUT2D eigenvalue weighted by Gasteiger charge is -2.23. The van der Waals surface area contributed by atoms with Crippen LogP contribution in [-0.4, -0.2) is 39.1 Å². The van der Waals surface area contributed by atoms with E-state index < -0.39 is 6.29 Å². The van der Waals surface area contributed by atoms with Crippen LogP contribution >= 0.6 is 0 Å². The number of aromatic amines is 1. The van der Waals surface area contributed by atoms with Gasteiger partial charge in [0.05, 0.1) is 17.3 Å². The number of nitrogens with zero attached hydrogens (tertiary/aromatic N) is 3. The van der Waals surface area contributed by atoms with E-state index in [2.05, 4.69) is 45.0 Å². The zero-order valence-corrected chi connectivity index (χ0v) is 19.1. The van der Waals surface area contributed by atoms with Crippen LogP contribution < -0.4 is 16.2 Å². The number of aromatic nitrogens is 4. The van der Waals surface area contributed by atoms with Gasteiger partial charge in [0.15, 0.2) is 0 Å². The quantitative estimate of drug-likeness (QED) is 0.393. The van der Waals surface area contributed by atoms with Gasteiger partial charge < -0.3 is 25.1 Å². The van der Waals surface area contributed by atoms with Gasteiger partial charge in [-0.15, -0.1) is 0 Å². The van der Waals surface area contributed by atoms with Crippen molar-refractivity contribution in [2.45, 2.75) is 31.6 Å². The van der Waals surface area contributed by atoms with Crippen LogP contribution in [0.4, 0.5) is 11.5 Å². The second-order valence-corrected chi connectivity index (χ2v) is 8.82. The van der Waals surface area contributed by atoms with Gasteiger partial charge in [-0.05, 0) is 67.1 Å². The van der Waals surface area contributed by atoms with Crippen molar-refractivity contribution in [2.75, 3.05) is 18.4 Å². The lowest BCUT2D eigenvalue weighted by molar-refractivity contribution is -0.0364. The van der Waals surface area contributed by atoms with Crippen molar-refractivity contribution in [3.05, 3.63) is 83.4 Å². The van der Waals surface area contributed by atoms with Crippen molar-refractivity contribution in [3.8, 4) is 11.3 Å². The maximum absolute atomic E-state index is 12.7. The largest absolute Gasteiger partial charge is 0.457 e. The zero-order chi connectivity index (χ0) is 23.6. The summed E-state index contributed by atoms with van der Waals surface area (Å²) in [7, 11) is 0. The van der Waals surface area contributed by atoms with Gasteiger partial charge in [0, 0.05) is 23.6 Å². The first-order chi connectivity index (χ1) is 17.2. The summed E-state index contributed by atoms with van der Waals surface area (Å²) in [6.45, 7) is 2.57. The topological polar surface area (TPSA) is 106 Å². The van der Waals surface area contributed by atoms with E-state index in [1.54, 1.807) is 17.1 Å². The molecule has 1 saturated heterocycles. The SMILES string of the molecule is O=c1[nH]ccc2cc(-c3cnn(CC4OC=CO4)c3)nc(Nc3ccc(C4CCNCC4)cc3)c12. The molecule has 0 spiro atoms. The van der Waals surface area contributed by atoms with Crippen molar-refractivity contribution < 1.29 is 9.47 Å². The van der Waals surface area contributed by atoms with Crippen LogP contribution in [0.2, 0.25) is 0 Å². The number of hydrogen-bond acceptors (Lipinski definition) is 7. The van der Waals surface area contributed by atoms with Gasteiger partial charge in [-0.1, -0.05) is 12.1 Å². The molecule has 0 amide bonds. The van der Waals surface area contributed by atoms with Crippen LogP contribution in [0.5, 0.6) is 0 Å². The Morgan fingerprint density at radius 1 is 1.09 bits per heavy atom. The molecule has 0 unspecified atom stereocenters. The molecular formula is C26H26N6O3. The van der Waals surface area contributed by atoms with Gasteiger partial charge in [-0.25, -0.2) is 4.98 Å². The fourth-order valence-corrected chi connectivity index (χ4v) is 4.69. The smallest absolute Gasteiger partial charge is 0.259 e. The van der Waals surface area contributed by atoms with Crippen molar-refractivity contribution in [1.82, 2.24) is 25.1 Å². The number of fused-ring (bicyclic) bond motifs is 1. The number of rotatable bonds is 6. The van der Waals surface area contributed by atoms with Gasteiger partial charge >= 0.3 is 0 Å². The highest BCUT2D eigenvalue weighted by molar-refractivity contribution is 5.95. The highest BCUT2D eigenvalue weighted by Gasteiger charge is 2.17. The molecule has 9 heteroatoms. The molecule has 0 radical (unpaired) electrons. The Hall–Kier alpha value is -4.11. The van der Waals surface area contributed by atoms with Gasteiger partial charge in [0.2, 0.25) is 0 Å². The third-order valence-corrected chi connectivity index (χ3v) is 6.52. The van der Waals surface area contributed by atoms with Gasteiger partial charge in [-0.2, -0.15) is 5.10 Å². The molecule has 6 rings (SSSR count). The lowest BCUT2D eigenvalue weighted by atomic mass is 9.90. The standard InChI is InChI=1S/C26H26N6O3/c33-26-24-19(7-10-28-26)13-22(20-14-29-32(15-20)16-23-34-11-12-35-23)31-25(24)30-21-3-1-17(2-4-21)18-5-8-27-9-6-18/h1-4,7,10-15,18,23,27H,5-6,8-9,16H2,(H,28,33)(H,30,31). The average molecular weight is 471 g/mol. The Morgan fingerprint density at radius 3 is 2.69 bits per heavy atom. The van der Waals surface area contributed by atoms with Crippen LogP contribution in [0.15, 0.2) is 72.3 Å². The van der Waals surface area contributed by atoms with Crippen LogP contribution in [0.3, 0.4) is 0 Å². The highest BCUT2D eigenvalue weighted by Crippen LogP contribution is 2.30. The summed E-state index contributed by atoms with van der Waals surface area (Å²) >= 11 is 0. The Kier molecular flexibility index (Phi) is 5.67. The van der Waals surface area contributed by atoms with E-state index in [4.69, 9.17) is 14.5 Å². The van der Waals surface area contributed by atoms with E-state index >= 15 is 0 Å². The second kappa shape index (κ2) is 9.27. The Bertz CT molecular complexity index is 1410. The Labute approximate surface area is 201 Å². The van der Waals surface area contributed by atoms with Gasteiger partial charge in [-0.3, -0.25) is 9.48 Å². The lowest BCUT2D eigenvalue weighted by Crippen LogP contribution is -2.26. The minimum atomic E-state index is -0.393. The fourth-order valence-electron chi connectivity index (χ4n) is 4.69. The van der Waals surface area contributed by atoms with E-state index in [0.29, 0.717) is 23.7 Å². The first-order valence-electron chi connectivity index (χ1n) is 11.8. The molecule has 0 aliphatic carbocycles. The average Bonchev–Trinajstić information content (AvgIpc) is 3.58. The van der Waals surface area contributed by atoms with Crippen molar-refractivity contribution in [3.63, 3.8) is 0 Å². The molecule has 2 aliphatic rings. The predicted octanol–water partition coefficient (Wildman–Crippen LogP) is 3.84. The number of anilines is 2. The predicted molar refractivity (Wildman–Crippen MR) is 133 cm³/mol. The molecule has 1 aromatic carbocycles. The van der Waals surface area contributed by atoms with E-state index in [-0.39, 0.29) is 5.56 Å². The minimum Gasteiger partial charge on any atom is -0.457 e.